The Bertz CT molecular complexity index is 317. The van der Waals surface area contributed by atoms with Gasteiger partial charge in [0, 0.05) is 24.2 Å². The second-order valence-corrected chi connectivity index (χ2v) is 7.74. The van der Waals surface area contributed by atoms with Crippen LogP contribution >= 0.6 is 0 Å². The summed E-state index contributed by atoms with van der Waals surface area (Å²) in [7, 11) is 0. The van der Waals surface area contributed by atoms with Gasteiger partial charge in [0.05, 0.1) is 0 Å². The van der Waals surface area contributed by atoms with E-state index in [-0.39, 0.29) is 0 Å². The predicted octanol–water partition coefficient (Wildman–Crippen LogP) is 3.17. The Morgan fingerprint density at radius 2 is 1.74 bits per heavy atom. The van der Waals surface area contributed by atoms with Gasteiger partial charge < -0.3 is 5.32 Å². The normalized spacial score (nSPS) is 48.3. The van der Waals surface area contributed by atoms with Crippen molar-refractivity contribution in [3.05, 3.63) is 0 Å². The van der Waals surface area contributed by atoms with Gasteiger partial charge in [0.1, 0.15) is 0 Å². The van der Waals surface area contributed by atoms with E-state index in [1.165, 1.54) is 51.5 Å². The van der Waals surface area contributed by atoms with E-state index in [1.54, 1.807) is 12.8 Å². The van der Waals surface area contributed by atoms with Crippen molar-refractivity contribution < 1.29 is 0 Å². The SMILES string of the molecule is CCCN(C1CC2CCC(C1)N2)C1CC2CCC1C2. The Hall–Kier alpha value is -0.0800. The van der Waals surface area contributed by atoms with Crippen molar-refractivity contribution in [2.24, 2.45) is 11.8 Å². The van der Waals surface area contributed by atoms with E-state index in [0.29, 0.717) is 0 Å². The van der Waals surface area contributed by atoms with Crippen LogP contribution in [-0.4, -0.2) is 35.6 Å². The molecule has 0 aromatic heterocycles. The van der Waals surface area contributed by atoms with Crippen LogP contribution in [0, 0.1) is 11.8 Å². The molecule has 2 heterocycles. The lowest BCUT2D eigenvalue weighted by molar-refractivity contribution is 0.0640. The minimum absolute atomic E-state index is 0.849. The highest BCUT2D eigenvalue weighted by Gasteiger charge is 2.45. The first-order valence-electron chi connectivity index (χ1n) is 8.85. The summed E-state index contributed by atoms with van der Waals surface area (Å²) in [6, 6.07) is 3.56. The van der Waals surface area contributed by atoms with Gasteiger partial charge in [-0.1, -0.05) is 13.3 Å². The van der Waals surface area contributed by atoms with Crippen molar-refractivity contribution in [3.8, 4) is 0 Å². The molecule has 0 amide bonds. The molecule has 19 heavy (non-hydrogen) atoms. The number of piperidine rings is 1. The largest absolute Gasteiger partial charge is 0.311 e. The van der Waals surface area contributed by atoms with Crippen molar-refractivity contribution in [3.63, 3.8) is 0 Å². The number of nitrogens with one attached hydrogen (secondary N) is 1. The van der Waals surface area contributed by atoms with Crippen LogP contribution in [0.4, 0.5) is 0 Å². The van der Waals surface area contributed by atoms with Gasteiger partial charge in [-0.25, -0.2) is 0 Å². The molecule has 0 spiro atoms. The van der Waals surface area contributed by atoms with Gasteiger partial charge in [-0.2, -0.15) is 0 Å². The molecular formula is C17H30N2. The fourth-order valence-corrected chi connectivity index (χ4v) is 5.79. The van der Waals surface area contributed by atoms with E-state index in [2.05, 4.69) is 17.1 Å². The summed E-state index contributed by atoms with van der Waals surface area (Å²) in [5.74, 6) is 2.15. The molecule has 4 rings (SSSR count). The third-order valence-electron chi connectivity index (χ3n) is 6.53. The van der Waals surface area contributed by atoms with Crippen molar-refractivity contribution >= 4 is 0 Å². The van der Waals surface area contributed by atoms with Gasteiger partial charge in [0.25, 0.3) is 0 Å². The van der Waals surface area contributed by atoms with Gasteiger partial charge in [0.15, 0.2) is 0 Å². The zero-order valence-electron chi connectivity index (χ0n) is 12.5. The van der Waals surface area contributed by atoms with Crippen LogP contribution in [0.3, 0.4) is 0 Å². The first-order chi connectivity index (χ1) is 9.33. The second-order valence-electron chi connectivity index (χ2n) is 7.74. The lowest BCUT2D eigenvalue weighted by atomic mass is 9.89. The van der Waals surface area contributed by atoms with Crippen molar-refractivity contribution in [1.82, 2.24) is 10.2 Å². The predicted molar refractivity (Wildman–Crippen MR) is 79.2 cm³/mol. The Balaban J connectivity index is 1.48. The molecule has 0 aromatic carbocycles. The number of rotatable bonds is 4. The summed E-state index contributed by atoms with van der Waals surface area (Å²) < 4.78 is 0. The molecule has 2 saturated heterocycles. The quantitative estimate of drug-likeness (QED) is 0.837. The Kier molecular flexibility index (Phi) is 3.35. The lowest BCUT2D eigenvalue weighted by Gasteiger charge is -2.43. The standard InChI is InChI=1S/C17H30N2/c1-2-7-19(17-9-12-3-4-13(17)8-12)16-10-14-5-6-15(11-16)18-14/h12-18H,2-11H2,1H3. The highest BCUT2D eigenvalue weighted by Crippen LogP contribution is 2.48. The highest BCUT2D eigenvalue weighted by molar-refractivity contribution is 5.01. The van der Waals surface area contributed by atoms with Crippen molar-refractivity contribution in [2.45, 2.75) is 88.9 Å². The summed E-state index contributed by atoms with van der Waals surface area (Å²) in [4.78, 5) is 2.98. The molecule has 2 nitrogen and oxygen atoms in total. The van der Waals surface area contributed by atoms with Crippen molar-refractivity contribution in [2.75, 3.05) is 6.54 Å². The monoisotopic (exact) mass is 262 g/mol. The average Bonchev–Trinajstić information content (AvgIpc) is 3.11. The van der Waals surface area contributed by atoms with Gasteiger partial charge in [-0.3, -0.25) is 4.90 Å². The molecule has 5 unspecified atom stereocenters. The topological polar surface area (TPSA) is 15.3 Å². The molecule has 2 heteroatoms. The molecule has 108 valence electrons. The summed E-state index contributed by atoms with van der Waals surface area (Å²) in [5.41, 5.74) is 0. The van der Waals surface area contributed by atoms with Gasteiger partial charge in [0.2, 0.25) is 0 Å². The van der Waals surface area contributed by atoms with Crippen LogP contribution in [0.2, 0.25) is 0 Å². The fraction of sp³-hybridized carbons (Fsp3) is 1.00. The van der Waals surface area contributed by atoms with Crippen molar-refractivity contribution in [1.29, 1.82) is 0 Å². The summed E-state index contributed by atoms with van der Waals surface area (Å²) >= 11 is 0. The maximum atomic E-state index is 3.82. The number of hydrogen-bond donors (Lipinski definition) is 1. The average molecular weight is 262 g/mol. The van der Waals surface area contributed by atoms with Gasteiger partial charge >= 0.3 is 0 Å². The fourth-order valence-electron chi connectivity index (χ4n) is 5.79. The van der Waals surface area contributed by atoms with Gasteiger partial charge in [-0.05, 0) is 69.7 Å². The van der Waals surface area contributed by atoms with Crippen LogP contribution in [-0.2, 0) is 0 Å². The third kappa shape index (κ3) is 2.25. The minimum Gasteiger partial charge on any atom is -0.311 e. The third-order valence-corrected chi connectivity index (χ3v) is 6.53. The summed E-state index contributed by atoms with van der Waals surface area (Å²) in [6.45, 7) is 3.73. The Morgan fingerprint density at radius 3 is 2.32 bits per heavy atom. The first kappa shape index (κ1) is 12.6. The lowest BCUT2D eigenvalue weighted by Crippen LogP contribution is -2.53. The van der Waals surface area contributed by atoms with E-state index in [1.807, 2.05) is 0 Å². The highest BCUT2D eigenvalue weighted by atomic mass is 15.2. The minimum atomic E-state index is 0.849. The van der Waals surface area contributed by atoms with Crippen LogP contribution in [0.5, 0.6) is 0 Å². The van der Waals surface area contributed by atoms with E-state index in [9.17, 15) is 0 Å². The molecule has 2 aliphatic heterocycles. The van der Waals surface area contributed by atoms with E-state index < -0.39 is 0 Å². The number of nitrogens with zero attached hydrogens (tertiary/aromatic N) is 1. The van der Waals surface area contributed by atoms with Gasteiger partial charge in [-0.15, -0.1) is 0 Å². The zero-order valence-corrected chi connectivity index (χ0v) is 12.5. The van der Waals surface area contributed by atoms with Crippen LogP contribution < -0.4 is 5.32 Å². The van der Waals surface area contributed by atoms with Crippen LogP contribution in [0.25, 0.3) is 0 Å². The zero-order chi connectivity index (χ0) is 12.8. The van der Waals surface area contributed by atoms with E-state index >= 15 is 0 Å². The maximum Gasteiger partial charge on any atom is 0.0129 e. The molecule has 2 aliphatic carbocycles. The second kappa shape index (κ2) is 5.04. The van der Waals surface area contributed by atoms with E-state index in [0.717, 1.165) is 36.0 Å². The maximum absolute atomic E-state index is 3.82. The molecule has 4 bridgehead atoms. The molecule has 4 fully saturated rings. The molecule has 1 N–H and O–H groups in total. The molecule has 2 saturated carbocycles. The van der Waals surface area contributed by atoms with Crippen LogP contribution in [0.15, 0.2) is 0 Å². The molecule has 0 radical (unpaired) electrons. The summed E-state index contributed by atoms with van der Waals surface area (Å²) in [5, 5.41) is 3.82. The molecule has 5 atom stereocenters. The number of fused-ring (bicyclic) bond motifs is 4. The molecular weight excluding hydrogens is 232 g/mol. The van der Waals surface area contributed by atoms with E-state index in [4.69, 9.17) is 0 Å². The van der Waals surface area contributed by atoms with Crippen LogP contribution in [0.1, 0.15) is 64.7 Å². The summed E-state index contributed by atoms with van der Waals surface area (Å²) in [6.07, 6.45) is 13.3. The smallest absolute Gasteiger partial charge is 0.0129 e. The number of hydrogen-bond acceptors (Lipinski definition) is 2. The molecule has 0 aromatic rings. The first-order valence-corrected chi connectivity index (χ1v) is 8.85. The Labute approximate surface area is 118 Å². The molecule has 4 aliphatic rings. The Morgan fingerprint density at radius 1 is 0.947 bits per heavy atom.